The van der Waals surface area contributed by atoms with Crippen molar-refractivity contribution in [1.29, 1.82) is 0 Å². The molecule has 14 heavy (non-hydrogen) atoms. The van der Waals surface area contributed by atoms with Gasteiger partial charge >= 0.3 is 0 Å². The summed E-state index contributed by atoms with van der Waals surface area (Å²) < 4.78 is 0. The van der Waals surface area contributed by atoms with E-state index >= 15 is 0 Å². The van der Waals surface area contributed by atoms with Crippen molar-refractivity contribution in [3.63, 3.8) is 0 Å². The Kier molecular flexibility index (Phi) is 3.42. The monoisotopic (exact) mass is 198 g/mol. The van der Waals surface area contributed by atoms with E-state index in [-0.39, 0.29) is 12.6 Å². The lowest BCUT2D eigenvalue weighted by Crippen LogP contribution is -2.40. The van der Waals surface area contributed by atoms with Crippen LogP contribution in [0.1, 0.15) is 32.6 Å². The smallest absolute Gasteiger partial charge is 0.0582 e. The number of rotatable bonds is 3. The first-order valence-electron chi connectivity index (χ1n) is 5.90. The van der Waals surface area contributed by atoms with Crippen molar-refractivity contribution in [3.05, 3.63) is 0 Å². The third-order valence-electron chi connectivity index (χ3n) is 3.55. The van der Waals surface area contributed by atoms with E-state index in [0.717, 1.165) is 6.04 Å². The molecule has 3 nitrogen and oxygen atoms in total. The third-order valence-corrected chi connectivity index (χ3v) is 3.55. The van der Waals surface area contributed by atoms with Gasteiger partial charge < -0.3 is 10.4 Å². The molecule has 0 spiro atoms. The Hall–Kier alpha value is -0.120. The maximum atomic E-state index is 8.98. The Morgan fingerprint density at radius 1 is 1.50 bits per heavy atom. The lowest BCUT2D eigenvalue weighted by Gasteiger charge is -2.28. The highest BCUT2D eigenvalue weighted by Crippen LogP contribution is 2.26. The number of fused-ring (bicyclic) bond motifs is 1. The minimum absolute atomic E-state index is 0.251. The van der Waals surface area contributed by atoms with Crippen LogP contribution in [0.5, 0.6) is 0 Å². The van der Waals surface area contributed by atoms with Gasteiger partial charge in [-0.3, -0.25) is 4.90 Å². The molecule has 0 amide bonds. The van der Waals surface area contributed by atoms with E-state index in [0.29, 0.717) is 6.04 Å². The third kappa shape index (κ3) is 2.27. The quantitative estimate of drug-likeness (QED) is 0.696. The van der Waals surface area contributed by atoms with Gasteiger partial charge in [-0.15, -0.1) is 0 Å². The normalized spacial score (nSPS) is 35.6. The van der Waals surface area contributed by atoms with Crippen molar-refractivity contribution < 1.29 is 5.11 Å². The van der Waals surface area contributed by atoms with Gasteiger partial charge in [0.2, 0.25) is 0 Å². The van der Waals surface area contributed by atoms with Crippen LogP contribution < -0.4 is 5.32 Å². The van der Waals surface area contributed by atoms with Crippen LogP contribution in [0.3, 0.4) is 0 Å². The minimum atomic E-state index is 0.251. The molecule has 2 saturated heterocycles. The van der Waals surface area contributed by atoms with Gasteiger partial charge in [0.05, 0.1) is 6.61 Å². The molecule has 2 heterocycles. The van der Waals surface area contributed by atoms with Crippen molar-refractivity contribution in [2.24, 2.45) is 0 Å². The van der Waals surface area contributed by atoms with Crippen molar-refractivity contribution >= 4 is 0 Å². The minimum Gasteiger partial charge on any atom is -0.395 e. The largest absolute Gasteiger partial charge is 0.395 e. The Bertz CT molecular complexity index is 172. The SMILES string of the molecule is CC(CO)NC1CC2CCCCN2C1. The molecule has 2 fully saturated rings. The molecule has 82 valence electrons. The number of nitrogens with zero attached hydrogens (tertiary/aromatic N) is 1. The summed E-state index contributed by atoms with van der Waals surface area (Å²) >= 11 is 0. The molecule has 2 N–H and O–H groups in total. The van der Waals surface area contributed by atoms with Crippen LogP contribution in [-0.2, 0) is 0 Å². The summed E-state index contributed by atoms with van der Waals surface area (Å²) in [6.07, 6.45) is 5.44. The highest BCUT2D eigenvalue weighted by molar-refractivity contribution is 4.92. The summed E-state index contributed by atoms with van der Waals surface area (Å²) in [5.41, 5.74) is 0. The van der Waals surface area contributed by atoms with Crippen LogP contribution in [0.2, 0.25) is 0 Å². The molecule has 0 aliphatic carbocycles. The maximum Gasteiger partial charge on any atom is 0.0582 e. The van der Waals surface area contributed by atoms with Crippen LogP contribution in [0, 0.1) is 0 Å². The van der Waals surface area contributed by atoms with Gasteiger partial charge in [-0.1, -0.05) is 6.42 Å². The second-order valence-electron chi connectivity index (χ2n) is 4.83. The first kappa shape index (κ1) is 10.4. The summed E-state index contributed by atoms with van der Waals surface area (Å²) in [7, 11) is 0. The lowest BCUT2D eigenvalue weighted by atomic mass is 10.0. The molecule has 0 aromatic heterocycles. The van der Waals surface area contributed by atoms with E-state index in [1.807, 2.05) is 0 Å². The number of hydrogen-bond donors (Lipinski definition) is 2. The highest BCUT2D eigenvalue weighted by Gasteiger charge is 2.33. The van der Waals surface area contributed by atoms with Crippen molar-refractivity contribution in [3.8, 4) is 0 Å². The van der Waals surface area contributed by atoms with Crippen molar-refractivity contribution in [2.75, 3.05) is 19.7 Å². The Morgan fingerprint density at radius 2 is 2.36 bits per heavy atom. The number of aliphatic hydroxyl groups excluding tert-OH is 1. The number of hydrogen-bond acceptors (Lipinski definition) is 3. The molecule has 2 aliphatic rings. The number of piperidine rings is 1. The van der Waals surface area contributed by atoms with Gasteiger partial charge in [0.15, 0.2) is 0 Å². The predicted molar refractivity (Wildman–Crippen MR) is 57.3 cm³/mol. The van der Waals surface area contributed by atoms with E-state index in [1.54, 1.807) is 0 Å². The molecule has 0 saturated carbocycles. The van der Waals surface area contributed by atoms with Gasteiger partial charge in [-0.25, -0.2) is 0 Å². The number of nitrogens with one attached hydrogen (secondary N) is 1. The molecule has 2 aliphatic heterocycles. The predicted octanol–water partition coefficient (Wildman–Crippen LogP) is 0.584. The summed E-state index contributed by atoms with van der Waals surface area (Å²) in [4.78, 5) is 2.62. The Labute approximate surface area is 86.5 Å². The van der Waals surface area contributed by atoms with Crippen LogP contribution in [0.4, 0.5) is 0 Å². The van der Waals surface area contributed by atoms with E-state index in [4.69, 9.17) is 5.11 Å². The van der Waals surface area contributed by atoms with Crippen LogP contribution in [0.25, 0.3) is 0 Å². The van der Waals surface area contributed by atoms with Crippen LogP contribution in [0.15, 0.2) is 0 Å². The van der Waals surface area contributed by atoms with E-state index in [1.165, 1.54) is 38.8 Å². The molecule has 0 bridgehead atoms. The van der Waals surface area contributed by atoms with Crippen molar-refractivity contribution in [1.82, 2.24) is 10.2 Å². The summed E-state index contributed by atoms with van der Waals surface area (Å²) in [6, 6.07) is 1.69. The molecule has 0 aromatic rings. The standard InChI is InChI=1S/C11H22N2O/c1-9(8-14)12-10-6-11-4-2-3-5-13(11)7-10/h9-12,14H,2-8H2,1H3. The number of aliphatic hydroxyl groups is 1. The average Bonchev–Trinajstić information content (AvgIpc) is 2.59. The first-order valence-corrected chi connectivity index (χ1v) is 5.90. The van der Waals surface area contributed by atoms with E-state index in [9.17, 15) is 0 Å². The van der Waals surface area contributed by atoms with Gasteiger partial charge in [0, 0.05) is 24.7 Å². The maximum absolute atomic E-state index is 8.98. The fraction of sp³-hybridized carbons (Fsp3) is 1.00. The van der Waals surface area contributed by atoms with Crippen LogP contribution >= 0.6 is 0 Å². The molecule has 3 unspecified atom stereocenters. The van der Waals surface area contributed by atoms with Gasteiger partial charge in [-0.2, -0.15) is 0 Å². The summed E-state index contributed by atoms with van der Waals surface area (Å²) in [5, 5.41) is 12.5. The van der Waals surface area contributed by atoms with Gasteiger partial charge in [0.1, 0.15) is 0 Å². The van der Waals surface area contributed by atoms with Crippen LogP contribution in [-0.4, -0.2) is 47.8 Å². The molecule has 2 rings (SSSR count). The summed E-state index contributed by atoms with van der Waals surface area (Å²) in [5.74, 6) is 0. The highest BCUT2D eigenvalue weighted by atomic mass is 16.3. The lowest BCUT2D eigenvalue weighted by molar-refractivity contribution is 0.195. The zero-order valence-corrected chi connectivity index (χ0v) is 9.08. The second kappa shape index (κ2) is 4.60. The van der Waals surface area contributed by atoms with E-state index in [2.05, 4.69) is 17.1 Å². The van der Waals surface area contributed by atoms with Gasteiger partial charge in [0.25, 0.3) is 0 Å². The topological polar surface area (TPSA) is 35.5 Å². The fourth-order valence-electron chi connectivity index (χ4n) is 2.83. The Balaban J connectivity index is 1.80. The van der Waals surface area contributed by atoms with E-state index < -0.39 is 0 Å². The molecule has 3 atom stereocenters. The van der Waals surface area contributed by atoms with Gasteiger partial charge in [-0.05, 0) is 32.7 Å². The summed E-state index contributed by atoms with van der Waals surface area (Å²) in [6.45, 7) is 4.78. The molecular weight excluding hydrogens is 176 g/mol. The zero-order valence-electron chi connectivity index (χ0n) is 9.08. The molecule has 0 aromatic carbocycles. The molecular formula is C11H22N2O. The fourth-order valence-corrected chi connectivity index (χ4v) is 2.83. The Morgan fingerprint density at radius 3 is 3.07 bits per heavy atom. The van der Waals surface area contributed by atoms with Crippen molar-refractivity contribution in [2.45, 2.75) is 50.7 Å². The second-order valence-corrected chi connectivity index (χ2v) is 4.83. The molecule has 3 heteroatoms. The first-order chi connectivity index (χ1) is 6.79. The zero-order chi connectivity index (χ0) is 9.97. The molecule has 0 radical (unpaired) electrons. The average molecular weight is 198 g/mol.